The third-order valence-corrected chi connectivity index (χ3v) is 5.08. The van der Waals surface area contributed by atoms with Crippen LogP contribution in [0.2, 0.25) is 5.02 Å². The molecule has 32 heavy (non-hydrogen) atoms. The lowest BCUT2D eigenvalue weighted by Gasteiger charge is -2.14. The molecule has 2 amide bonds. The average molecular weight is 461 g/mol. The van der Waals surface area contributed by atoms with Crippen molar-refractivity contribution in [2.24, 2.45) is 0 Å². The lowest BCUT2D eigenvalue weighted by atomic mass is 10.0. The van der Waals surface area contributed by atoms with Crippen LogP contribution in [0.25, 0.3) is 0 Å². The van der Waals surface area contributed by atoms with Crippen LogP contribution in [-0.4, -0.2) is 31.5 Å². The fraction of sp³-hybridized carbons (Fsp3) is 0.375. The van der Waals surface area contributed by atoms with Crippen molar-refractivity contribution in [3.8, 4) is 5.75 Å². The number of hydrogen-bond donors (Lipinski definition) is 2. The highest BCUT2D eigenvalue weighted by molar-refractivity contribution is 6.31. The largest absolute Gasteiger partial charge is 0.495 e. The standard InChI is InChI=1S/C24H29ClN2O5/c1-4-16-8-6-9-17(5-2)24(16)27-22(29)15-32-23(30)11-7-10-21(28)26-19-14-18(25)12-13-20(19)31-3/h6,8-9,12-14H,4-5,7,10-11,15H2,1-3H3,(H,26,28)(H,27,29). The van der Waals surface area contributed by atoms with E-state index in [4.69, 9.17) is 21.1 Å². The first-order chi connectivity index (χ1) is 15.4. The molecule has 2 aromatic rings. The molecular formula is C24H29ClN2O5. The van der Waals surface area contributed by atoms with E-state index < -0.39 is 5.97 Å². The SMILES string of the molecule is CCc1cccc(CC)c1NC(=O)COC(=O)CCCC(=O)Nc1cc(Cl)ccc1OC. The van der Waals surface area contributed by atoms with Crippen LogP contribution in [0.3, 0.4) is 0 Å². The highest BCUT2D eigenvalue weighted by Crippen LogP contribution is 2.28. The van der Waals surface area contributed by atoms with E-state index in [0.29, 0.717) is 16.5 Å². The van der Waals surface area contributed by atoms with E-state index in [1.165, 1.54) is 7.11 Å². The van der Waals surface area contributed by atoms with Gasteiger partial charge in [0, 0.05) is 23.6 Å². The van der Waals surface area contributed by atoms with E-state index in [0.717, 1.165) is 29.7 Å². The molecule has 7 nitrogen and oxygen atoms in total. The normalized spacial score (nSPS) is 10.4. The second-order valence-corrected chi connectivity index (χ2v) is 7.55. The summed E-state index contributed by atoms with van der Waals surface area (Å²) >= 11 is 5.95. The summed E-state index contributed by atoms with van der Waals surface area (Å²) in [6, 6.07) is 10.8. The smallest absolute Gasteiger partial charge is 0.306 e. The van der Waals surface area contributed by atoms with Crippen molar-refractivity contribution in [1.29, 1.82) is 0 Å². The lowest BCUT2D eigenvalue weighted by Crippen LogP contribution is -2.22. The fourth-order valence-electron chi connectivity index (χ4n) is 3.18. The molecule has 0 radical (unpaired) electrons. The minimum Gasteiger partial charge on any atom is -0.495 e. The summed E-state index contributed by atoms with van der Waals surface area (Å²) < 4.78 is 10.2. The molecule has 2 rings (SSSR count). The molecule has 0 fully saturated rings. The molecule has 0 atom stereocenters. The number of carbonyl (C=O) groups is 3. The molecule has 0 aliphatic heterocycles. The van der Waals surface area contributed by atoms with Gasteiger partial charge in [-0.25, -0.2) is 0 Å². The fourth-order valence-corrected chi connectivity index (χ4v) is 3.35. The Labute approximate surface area is 193 Å². The van der Waals surface area contributed by atoms with Gasteiger partial charge in [0.25, 0.3) is 5.91 Å². The number of hydrogen-bond acceptors (Lipinski definition) is 5. The number of ether oxygens (including phenoxy) is 2. The quantitative estimate of drug-likeness (QED) is 0.471. The zero-order chi connectivity index (χ0) is 23.5. The van der Waals surface area contributed by atoms with Crippen molar-refractivity contribution in [1.82, 2.24) is 0 Å². The summed E-state index contributed by atoms with van der Waals surface area (Å²) in [4.78, 5) is 36.3. The van der Waals surface area contributed by atoms with E-state index in [1.54, 1.807) is 18.2 Å². The summed E-state index contributed by atoms with van der Waals surface area (Å²) in [5.74, 6) is -0.712. The van der Waals surface area contributed by atoms with Gasteiger partial charge < -0.3 is 20.1 Å². The van der Waals surface area contributed by atoms with Gasteiger partial charge in [0.15, 0.2) is 6.61 Å². The first-order valence-corrected chi connectivity index (χ1v) is 10.9. The molecule has 2 aromatic carbocycles. The van der Waals surface area contributed by atoms with Crippen molar-refractivity contribution in [3.05, 3.63) is 52.5 Å². The van der Waals surface area contributed by atoms with Gasteiger partial charge in [-0.15, -0.1) is 0 Å². The van der Waals surface area contributed by atoms with Gasteiger partial charge in [0.1, 0.15) is 5.75 Å². The third kappa shape index (κ3) is 7.57. The molecule has 0 unspecified atom stereocenters. The van der Waals surface area contributed by atoms with Gasteiger partial charge in [-0.3, -0.25) is 14.4 Å². The molecule has 0 spiro atoms. The van der Waals surface area contributed by atoms with Crippen LogP contribution in [0.1, 0.15) is 44.2 Å². The minimum absolute atomic E-state index is 0.0269. The molecule has 8 heteroatoms. The van der Waals surface area contributed by atoms with Crippen LogP contribution < -0.4 is 15.4 Å². The summed E-state index contributed by atoms with van der Waals surface area (Å²) in [5, 5.41) is 6.03. The number of carbonyl (C=O) groups excluding carboxylic acids is 3. The van der Waals surface area contributed by atoms with Crippen LogP contribution in [-0.2, 0) is 32.0 Å². The first kappa shape index (κ1) is 25.2. The van der Waals surface area contributed by atoms with Crippen LogP contribution in [0.5, 0.6) is 5.75 Å². The van der Waals surface area contributed by atoms with Gasteiger partial charge in [-0.1, -0.05) is 43.6 Å². The van der Waals surface area contributed by atoms with Crippen molar-refractivity contribution in [2.75, 3.05) is 24.4 Å². The number of benzene rings is 2. The molecule has 0 aromatic heterocycles. The topological polar surface area (TPSA) is 93.7 Å². The Morgan fingerprint density at radius 3 is 2.25 bits per heavy atom. The number of methoxy groups -OCH3 is 1. The van der Waals surface area contributed by atoms with Crippen LogP contribution in [0.4, 0.5) is 11.4 Å². The number of amides is 2. The number of rotatable bonds is 11. The summed E-state index contributed by atoms with van der Waals surface area (Å²) in [6.07, 6.45) is 1.99. The molecule has 172 valence electrons. The Balaban J connectivity index is 1.75. The second-order valence-electron chi connectivity index (χ2n) is 7.11. The van der Waals surface area contributed by atoms with Gasteiger partial charge >= 0.3 is 5.97 Å². The van der Waals surface area contributed by atoms with Gasteiger partial charge in [-0.05, 0) is 48.6 Å². The Hall–Kier alpha value is -3.06. The monoisotopic (exact) mass is 460 g/mol. The minimum atomic E-state index is -0.534. The van der Waals surface area contributed by atoms with E-state index >= 15 is 0 Å². The molecule has 2 N–H and O–H groups in total. The van der Waals surface area contributed by atoms with Crippen LogP contribution in [0.15, 0.2) is 36.4 Å². The Morgan fingerprint density at radius 2 is 1.62 bits per heavy atom. The average Bonchev–Trinajstić information content (AvgIpc) is 2.78. The summed E-state index contributed by atoms with van der Waals surface area (Å²) in [5.41, 5.74) is 3.31. The molecule has 0 aliphatic carbocycles. The van der Waals surface area contributed by atoms with Gasteiger partial charge in [-0.2, -0.15) is 0 Å². The number of aryl methyl sites for hydroxylation is 2. The Kier molecular flexibility index (Phi) is 10.0. The second kappa shape index (κ2) is 12.7. The summed E-state index contributed by atoms with van der Waals surface area (Å²) in [6.45, 7) is 3.66. The first-order valence-electron chi connectivity index (χ1n) is 10.6. The van der Waals surface area contributed by atoms with Crippen molar-refractivity contribution < 1.29 is 23.9 Å². The van der Waals surface area contributed by atoms with E-state index in [1.807, 2.05) is 32.0 Å². The van der Waals surface area contributed by atoms with Crippen molar-refractivity contribution >= 4 is 40.8 Å². The van der Waals surface area contributed by atoms with Crippen molar-refractivity contribution in [3.63, 3.8) is 0 Å². The lowest BCUT2D eigenvalue weighted by molar-refractivity contribution is -0.147. The van der Waals surface area contributed by atoms with Gasteiger partial charge in [0.05, 0.1) is 12.8 Å². The molecule has 0 bridgehead atoms. The maximum atomic E-state index is 12.3. The molecule has 0 saturated carbocycles. The van der Waals surface area contributed by atoms with E-state index in [-0.39, 0.29) is 37.7 Å². The van der Waals surface area contributed by atoms with Crippen LogP contribution in [0, 0.1) is 0 Å². The molecule has 0 aliphatic rings. The van der Waals surface area contributed by atoms with Crippen molar-refractivity contribution in [2.45, 2.75) is 46.0 Å². The predicted octanol–water partition coefficient (Wildman–Crippen LogP) is 4.76. The van der Waals surface area contributed by atoms with Gasteiger partial charge in [0.2, 0.25) is 5.91 Å². The maximum absolute atomic E-state index is 12.3. The maximum Gasteiger partial charge on any atom is 0.306 e. The number of anilines is 2. The van der Waals surface area contributed by atoms with E-state index in [2.05, 4.69) is 10.6 Å². The number of para-hydroxylation sites is 1. The zero-order valence-electron chi connectivity index (χ0n) is 18.6. The molecule has 0 heterocycles. The summed E-state index contributed by atoms with van der Waals surface area (Å²) in [7, 11) is 1.49. The number of nitrogens with one attached hydrogen (secondary N) is 2. The number of halogens is 1. The molecular weight excluding hydrogens is 432 g/mol. The van der Waals surface area contributed by atoms with Crippen LogP contribution >= 0.6 is 11.6 Å². The number of esters is 1. The van der Waals surface area contributed by atoms with E-state index in [9.17, 15) is 14.4 Å². The highest BCUT2D eigenvalue weighted by Gasteiger charge is 2.13. The zero-order valence-corrected chi connectivity index (χ0v) is 19.4. The third-order valence-electron chi connectivity index (χ3n) is 4.85. The Morgan fingerprint density at radius 1 is 0.938 bits per heavy atom. The Bertz CT molecular complexity index is 939. The highest BCUT2D eigenvalue weighted by atomic mass is 35.5. The predicted molar refractivity (Wildman–Crippen MR) is 125 cm³/mol. The molecule has 0 saturated heterocycles.